The van der Waals surface area contributed by atoms with Crippen LogP contribution in [0.15, 0.2) is 12.3 Å². The molecule has 64 valence electrons. The van der Waals surface area contributed by atoms with Crippen molar-refractivity contribution in [2.24, 2.45) is 0 Å². The summed E-state index contributed by atoms with van der Waals surface area (Å²) >= 11 is 5.52. The van der Waals surface area contributed by atoms with Crippen LogP contribution in [0.4, 0.5) is 5.69 Å². The molecule has 0 bridgehead atoms. The van der Waals surface area contributed by atoms with Crippen LogP contribution in [0.1, 0.15) is 10.4 Å². The molecule has 12 heavy (non-hydrogen) atoms. The minimum atomic E-state index is -1.02. The Hall–Kier alpha value is -1.29. The number of halogens is 1. The zero-order valence-corrected chi connectivity index (χ0v) is 7.09. The van der Waals surface area contributed by atoms with Crippen molar-refractivity contribution in [2.45, 2.75) is 0 Å². The summed E-state index contributed by atoms with van der Waals surface area (Å²) in [5, 5.41) is 11.6. The standard InChI is InChI=1S/C7H7ClN2O2/c1-9-5-3-10-6(8)2-4(5)7(11)12/h2-3,9H,1H3,(H,11,12). The van der Waals surface area contributed by atoms with E-state index in [0.717, 1.165) is 0 Å². The first kappa shape index (κ1) is 8.80. The van der Waals surface area contributed by atoms with Crippen molar-refractivity contribution in [1.29, 1.82) is 0 Å². The van der Waals surface area contributed by atoms with E-state index in [4.69, 9.17) is 16.7 Å². The molecule has 1 aromatic rings. The molecule has 1 aromatic heterocycles. The van der Waals surface area contributed by atoms with Crippen molar-refractivity contribution in [1.82, 2.24) is 4.98 Å². The molecule has 5 heteroatoms. The summed E-state index contributed by atoms with van der Waals surface area (Å²) in [5.41, 5.74) is 0.574. The van der Waals surface area contributed by atoms with E-state index >= 15 is 0 Å². The van der Waals surface area contributed by atoms with E-state index in [2.05, 4.69) is 10.3 Å². The van der Waals surface area contributed by atoms with Gasteiger partial charge in [0, 0.05) is 7.05 Å². The van der Waals surface area contributed by atoms with Gasteiger partial charge in [-0.15, -0.1) is 0 Å². The van der Waals surface area contributed by atoms with Crippen molar-refractivity contribution >= 4 is 23.3 Å². The van der Waals surface area contributed by atoms with E-state index in [1.807, 2.05) is 0 Å². The van der Waals surface area contributed by atoms with Crippen LogP contribution in [0.2, 0.25) is 5.15 Å². The number of aromatic nitrogens is 1. The topological polar surface area (TPSA) is 62.2 Å². The van der Waals surface area contributed by atoms with Crippen molar-refractivity contribution < 1.29 is 9.90 Å². The molecule has 0 saturated heterocycles. The smallest absolute Gasteiger partial charge is 0.337 e. The number of nitrogens with one attached hydrogen (secondary N) is 1. The maximum atomic E-state index is 10.6. The van der Waals surface area contributed by atoms with Gasteiger partial charge in [0.15, 0.2) is 0 Å². The van der Waals surface area contributed by atoms with Gasteiger partial charge in [-0.25, -0.2) is 9.78 Å². The van der Waals surface area contributed by atoms with Gasteiger partial charge in [-0.05, 0) is 6.07 Å². The third kappa shape index (κ3) is 1.65. The quantitative estimate of drug-likeness (QED) is 0.687. The highest BCUT2D eigenvalue weighted by Gasteiger charge is 2.09. The highest BCUT2D eigenvalue weighted by molar-refractivity contribution is 6.29. The minimum Gasteiger partial charge on any atom is -0.478 e. The van der Waals surface area contributed by atoms with Gasteiger partial charge in [0.1, 0.15) is 5.15 Å². The largest absolute Gasteiger partial charge is 0.478 e. The second-order valence-corrected chi connectivity index (χ2v) is 2.50. The maximum Gasteiger partial charge on any atom is 0.337 e. The number of rotatable bonds is 2. The normalized spacial score (nSPS) is 9.50. The van der Waals surface area contributed by atoms with E-state index < -0.39 is 5.97 Å². The molecule has 0 aliphatic rings. The lowest BCUT2D eigenvalue weighted by atomic mass is 10.2. The molecule has 0 amide bonds. The Balaban J connectivity index is 3.21. The third-order valence-electron chi connectivity index (χ3n) is 1.37. The molecule has 0 atom stereocenters. The van der Waals surface area contributed by atoms with Crippen LogP contribution in [0.25, 0.3) is 0 Å². The lowest BCUT2D eigenvalue weighted by Gasteiger charge is -2.03. The number of hydrogen-bond donors (Lipinski definition) is 2. The monoisotopic (exact) mass is 186 g/mol. The highest BCUT2D eigenvalue weighted by atomic mass is 35.5. The number of carbonyl (C=O) groups is 1. The van der Waals surface area contributed by atoms with E-state index in [1.165, 1.54) is 12.3 Å². The fraction of sp³-hybridized carbons (Fsp3) is 0.143. The van der Waals surface area contributed by atoms with Gasteiger partial charge in [0.05, 0.1) is 17.4 Å². The van der Waals surface area contributed by atoms with Crippen molar-refractivity contribution in [3.63, 3.8) is 0 Å². The predicted octanol–water partition coefficient (Wildman–Crippen LogP) is 1.47. The molecule has 0 aromatic carbocycles. The average Bonchev–Trinajstić information content (AvgIpc) is 2.04. The molecule has 0 saturated carbocycles. The van der Waals surface area contributed by atoms with Gasteiger partial charge < -0.3 is 10.4 Å². The van der Waals surface area contributed by atoms with Crippen LogP contribution in [0.5, 0.6) is 0 Å². The Kier molecular flexibility index (Phi) is 2.50. The number of anilines is 1. The number of carboxylic acid groups (broad SMARTS) is 1. The molecule has 0 spiro atoms. The summed E-state index contributed by atoms with van der Waals surface area (Å²) in [7, 11) is 1.62. The van der Waals surface area contributed by atoms with E-state index in [0.29, 0.717) is 5.69 Å². The summed E-state index contributed by atoms with van der Waals surface area (Å²) in [6, 6.07) is 1.30. The van der Waals surface area contributed by atoms with E-state index in [-0.39, 0.29) is 10.7 Å². The zero-order valence-electron chi connectivity index (χ0n) is 6.34. The van der Waals surface area contributed by atoms with Gasteiger partial charge in [-0.1, -0.05) is 11.6 Å². The lowest BCUT2D eigenvalue weighted by Crippen LogP contribution is -2.03. The van der Waals surface area contributed by atoms with Crippen molar-refractivity contribution in [3.8, 4) is 0 Å². The Bertz CT molecular complexity index is 314. The summed E-state index contributed by atoms with van der Waals surface area (Å²) < 4.78 is 0. The molecule has 4 nitrogen and oxygen atoms in total. The van der Waals surface area contributed by atoms with Crippen molar-refractivity contribution in [3.05, 3.63) is 23.0 Å². The molecule has 2 N–H and O–H groups in total. The Morgan fingerprint density at radius 3 is 2.92 bits per heavy atom. The van der Waals surface area contributed by atoms with Gasteiger partial charge in [-0.2, -0.15) is 0 Å². The summed E-state index contributed by atoms with van der Waals surface area (Å²) in [5.74, 6) is -1.02. The molecule has 0 aliphatic heterocycles. The maximum absolute atomic E-state index is 10.6. The Morgan fingerprint density at radius 1 is 1.75 bits per heavy atom. The molecule has 0 radical (unpaired) electrons. The first-order valence-electron chi connectivity index (χ1n) is 3.21. The Morgan fingerprint density at radius 2 is 2.42 bits per heavy atom. The van der Waals surface area contributed by atoms with Crippen LogP contribution < -0.4 is 5.32 Å². The van der Waals surface area contributed by atoms with Crippen LogP contribution >= 0.6 is 11.6 Å². The summed E-state index contributed by atoms with van der Waals surface area (Å²) in [6.07, 6.45) is 1.38. The van der Waals surface area contributed by atoms with Crippen LogP contribution in [-0.4, -0.2) is 23.1 Å². The van der Waals surface area contributed by atoms with Crippen LogP contribution in [0, 0.1) is 0 Å². The molecule has 0 unspecified atom stereocenters. The fourth-order valence-corrected chi connectivity index (χ4v) is 0.964. The average molecular weight is 187 g/mol. The minimum absolute atomic E-state index is 0.123. The number of nitrogens with zero attached hydrogens (tertiary/aromatic N) is 1. The lowest BCUT2D eigenvalue weighted by molar-refractivity contribution is 0.0698. The number of aromatic carboxylic acids is 1. The van der Waals surface area contributed by atoms with Gasteiger partial charge in [0.2, 0.25) is 0 Å². The molecule has 0 fully saturated rings. The second kappa shape index (κ2) is 3.40. The van der Waals surface area contributed by atoms with E-state index in [9.17, 15) is 4.79 Å². The molecule has 1 heterocycles. The summed E-state index contributed by atoms with van der Waals surface area (Å²) in [4.78, 5) is 14.3. The molecule has 0 aliphatic carbocycles. The number of hydrogen-bond acceptors (Lipinski definition) is 3. The van der Waals surface area contributed by atoms with Gasteiger partial charge in [0.25, 0.3) is 0 Å². The highest BCUT2D eigenvalue weighted by Crippen LogP contribution is 2.16. The van der Waals surface area contributed by atoms with Gasteiger partial charge in [-0.3, -0.25) is 0 Å². The second-order valence-electron chi connectivity index (χ2n) is 2.11. The first-order chi connectivity index (χ1) is 5.65. The third-order valence-corrected chi connectivity index (χ3v) is 1.58. The van der Waals surface area contributed by atoms with E-state index in [1.54, 1.807) is 7.05 Å². The fourth-order valence-electron chi connectivity index (χ4n) is 0.806. The SMILES string of the molecule is CNc1cnc(Cl)cc1C(=O)O. The predicted molar refractivity (Wildman–Crippen MR) is 45.8 cm³/mol. The first-order valence-corrected chi connectivity index (χ1v) is 3.59. The van der Waals surface area contributed by atoms with Crippen LogP contribution in [0.3, 0.4) is 0 Å². The van der Waals surface area contributed by atoms with Crippen LogP contribution in [-0.2, 0) is 0 Å². The number of pyridine rings is 1. The summed E-state index contributed by atoms with van der Waals surface area (Å²) in [6.45, 7) is 0. The molecular weight excluding hydrogens is 180 g/mol. The Labute approximate surface area is 74.2 Å². The number of carboxylic acids is 1. The molecule has 1 rings (SSSR count). The zero-order chi connectivity index (χ0) is 9.14. The van der Waals surface area contributed by atoms with Crippen molar-refractivity contribution in [2.75, 3.05) is 12.4 Å². The molecular formula is C7H7ClN2O2. The van der Waals surface area contributed by atoms with Gasteiger partial charge >= 0.3 is 5.97 Å².